The number of aromatic nitrogens is 2. The third-order valence-electron chi connectivity index (χ3n) is 4.84. The van der Waals surface area contributed by atoms with Gasteiger partial charge in [-0.2, -0.15) is 4.98 Å². The fourth-order valence-corrected chi connectivity index (χ4v) is 3.44. The fraction of sp³-hybridized carbons (Fsp3) is 0.812. The van der Waals surface area contributed by atoms with Crippen molar-refractivity contribution in [2.75, 3.05) is 26.2 Å². The van der Waals surface area contributed by atoms with Crippen molar-refractivity contribution >= 4 is 5.91 Å². The highest BCUT2D eigenvalue weighted by Gasteiger charge is 2.25. The summed E-state index contributed by atoms with van der Waals surface area (Å²) in [6.07, 6.45) is 5.21. The summed E-state index contributed by atoms with van der Waals surface area (Å²) in [5.41, 5.74) is 0. The minimum atomic E-state index is -0.920. The highest BCUT2D eigenvalue weighted by atomic mass is 16.5. The van der Waals surface area contributed by atoms with Gasteiger partial charge in [0.05, 0.1) is 6.54 Å². The van der Waals surface area contributed by atoms with Crippen LogP contribution in [0.3, 0.4) is 0 Å². The van der Waals surface area contributed by atoms with E-state index in [2.05, 4.69) is 15.0 Å². The van der Waals surface area contributed by atoms with Crippen molar-refractivity contribution < 1.29 is 14.4 Å². The number of hydrogen-bond acceptors (Lipinski definition) is 6. The average molecular weight is 322 g/mol. The van der Waals surface area contributed by atoms with Crippen LogP contribution in [-0.2, 0) is 11.3 Å². The molecule has 2 fully saturated rings. The second kappa shape index (κ2) is 7.40. The van der Waals surface area contributed by atoms with Gasteiger partial charge in [-0.3, -0.25) is 9.69 Å². The number of piperazine rings is 1. The second-order valence-electron chi connectivity index (χ2n) is 6.66. The molecule has 1 unspecified atom stereocenters. The molecule has 1 aromatic heterocycles. The number of aliphatic hydroxyl groups is 1. The summed E-state index contributed by atoms with van der Waals surface area (Å²) in [5, 5.41) is 13.5. The Morgan fingerprint density at radius 3 is 2.61 bits per heavy atom. The third-order valence-corrected chi connectivity index (χ3v) is 4.84. The van der Waals surface area contributed by atoms with Crippen LogP contribution in [0, 0.1) is 0 Å². The Morgan fingerprint density at radius 2 is 1.96 bits per heavy atom. The number of carbonyl (C=O) groups excluding carboxylic acids is 1. The first kappa shape index (κ1) is 16.4. The molecule has 128 valence electrons. The van der Waals surface area contributed by atoms with E-state index in [-0.39, 0.29) is 5.91 Å². The monoisotopic (exact) mass is 322 g/mol. The second-order valence-corrected chi connectivity index (χ2v) is 6.66. The molecule has 1 aliphatic heterocycles. The van der Waals surface area contributed by atoms with E-state index in [1.165, 1.54) is 26.2 Å². The maximum absolute atomic E-state index is 11.8. The third kappa shape index (κ3) is 4.09. The van der Waals surface area contributed by atoms with Crippen molar-refractivity contribution in [3.63, 3.8) is 0 Å². The first-order valence-electron chi connectivity index (χ1n) is 8.65. The normalized spacial score (nSPS) is 22.3. The molecule has 2 aliphatic rings. The van der Waals surface area contributed by atoms with Crippen molar-refractivity contribution in [1.29, 1.82) is 0 Å². The van der Waals surface area contributed by atoms with Crippen molar-refractivity contribution in [2.45, 2.75) is 57.6 Å². The van der Waals surface area contributed by atoms with E-state index in [4.69, 9.17) is 4.52 Å². The molecular formula is C16H26N4O3. The van der Waals surface area contributed by atoms with Gasteiger partial charge in [0.1, 0.15) is 6.10 Å². The summed E-state index contributed by atoms with van der Waals surface area (Å²) in [4.78, 5) is 20.3. The van der Waals surface area contributed by atoms with Gasteiger partial charge < -0.3 is 14.5 Å². The Balaban J connectivity index is 1.49. The summed E-state index contributed by atoms with van der Waals surface area (Å²) in [6, 6.07) is 0. The lowest BCUT2D eigenvalue weighted by Crippen LogP contribution is -2.50. The van der Waals surface area contributed by atoms with Crippen LogP contribution in [0.2, 0.25) is 0 Å². The zero-order chi connectivity index (χ0) is 16.2. The lowest BCUT2D eigenvalue weighted by molar-refractivity contribution is -0.141. The smallest absolute Gasteiger partial charge is 0.251 e. The largest absolute Gasteiger partial charge is 0.384 e. The fourth-order valence-electron chi connectivity index (χ4n) is 3.44. The summed E-state index contributed by atoms with van der Waals surface area (Å²) in [6.45, 7) is 4.99. The molecule has 1 atom stereocenters. The van der Waals surface area contributed by atoms with Crippen LogP contribution in [0.15, 0.2) is 4.52 Å². The molecule has 0 aromatic carbocycles. The molecule has 0 radical (unpaired) electrons. The maximum Gasteiger partial charge on any atom is 0.251 e. The lowest BCUT2D eigenvalue weighted by atomic mass is 9.89. The van der Waals surface area contributed by atoms with E-state index in [1.807, 2.05) is 0 Å². The quantitative estimate of drug-likeness (QED) is 0.895. The van der Waals surface area contributed by atoms with Crippen LogP contribution in [0.4, 0.5) is 0 Å². The average Bonchev–Trinajstić information content (AvgIpc) is 3.04. The molecule has 7 heteroatoms. The lowest BCUT2D eigenvalue weighted by Gasteiger charge is -2.34. The maximum atomic E-state index is 11.8. The van der Waals surface area contributed by atoms with Crippen LogP contribution in [0.25, 0.3) is 0 Å². The van der Waals surface area contributed by atoms with Crippen molar-refractivity contribution in [1.82, 2.24) is 19.9 Å². The first-order chi connectivity index (χ1) is 11.1. The van der Waals surface area contributed by atoms with Gasteiger partial charge >= 0.3 is 0 Å². The number of amides is 1. The van der Waals surface area contributed by atoms with E-state index >= 15 is 0 Å². The van der Waals surface area contributed by atoms with E-state index in [9.17, 15) is 9.90 Å². The van der Waals surface area contributed by atoms with Crippen molar-refractivity contribution in [3.05, 3.63) is 11.7 Å². The first-order valence-corrected chi connectivity index (χ1v) is 8.65. The predicted molar refractivity (Wildman–Crippen MR) is 83.7 cm³/mol. The molecular weight excluding hydrogens is 296 g/mol. The van der Waals surface area contributed by atoms with Gasteiger partial charge in [-0.15, -0.1) is 0 Å². The van der Waals surface area contributed by atoms with Crippen LogP contribution in [0.5, 0.6) is 0 Å². The number of hydrogen-bond donors (Lipinski definition) is 1. The van der Waals surface area contributed by atoms with Gasteiger partial charge in [0.25, 0.3) is 5.91 Å². The summed E-state index contributed by atoms with van der Waals surface area (Å²) < 4.78 is 5.45. The Morgan fingerprint density at radius 1 is 1.26 bits per heavy atom. The molecule has 1 aliphatic carbocycles. The van der Waals surface area contributed by atoms with Crippen LogP contribution >= 0.6 is 0 Å². The Bertz CT molecular complexity index is 517. The highest BCUT2D eigenvalue weighted by molar-refractivity contribution is 5.80. The molecule has 7 nitrogen and oxygen atoms in total. The van der Waals surface area contributed by atoms with Crippen molar-refractivity contribution in [3.8, 4) is 0 Å². The summed E-state index contributed by atoms with van der Waals surface area (Å²) in [7, 11) is 0. The number of nitrogens with zero attached hydrogens (tertiary/aromatic N) is 4. The zero-order valence-corrected chi connectivity index (χ0v) is 13.8. The van der Waals surface area contributed by atoms with Crippen molar-refractivity contribution in [2.24, 2.45) is 0 Å². The minimum Gasteiger partial charge on any atom is -0.384 e. The van der Waals surface area contributed by atoms with Gasteiger partial charge in [-0.25, -0.2) is 0 Å². The molecule has 0 bridgehead atoms. The van der Waals surface area contributed by atoms with Gasteiger partial charge in [-0.05, 0) is 19.8 Å². The van der Waals surface area contributed by atoms with Crippen LogP contribution in [0.1, 0.15) is 56.7 Å². The predicted octanol–water partition coefficient (Wildman–Crippen LogP) is 1.14. The highest BCUT2D eigenvalue weighted by Crippen LogP contribution is 2.31. The Labute approximate surface area is 136 Å². The van der Waals surface area contributed by atoms with Crippen LogP contribution < -0.4 is 0 Å². The molecule has 0 spiro atoms. The summed E-state index contributed by atoms with van der Waals surface area (Å²) >= 11 is 0. The Kier molecular flexibility index (Phi) is 5.27. The molecule has 3 rings (SSSR count). The number of rotatable bonds is 4. The van der Waals surface area contributed by atoms with E-state index in [1.54, 1.807) is 4.90 Å². The van der Waals surface area contributed by atoms with Gasteiger partial charge in [-0.1, -0.05) is 24.4 Å². The zero-order valence-electron chi connectivity index (χ0n) is 13.8. The SMILES string of the molecule is CC(O)C(=O)N1CCN(Cc2noc(C3CCCCC3)n2)CC1. The number of aliphatic hydroxyl groups excluding tert-OH is 1. The van der Waals surface area contributed by atoms with Crippen LogP contribution in [-0.4, -0.2) is 63.2 Å². The summed E-state index contributed by atoms with van der Waals surface area (Å²) in [5.74, 6) is 1.78. The van der Waals surface area contributed by atoms with Gasteiger partial charge in [0.15, 0.2) is 5.82 Å². The molecule has 1 saturated carbocycles. The molecule has 1 amide bonds. The van der Waals surface area contributed by atoms with E-state index < -0.39 is 6.10 Å². The molecule has 1 saturated heterocycles. The molecule has 1 aromatic rings. The number of carbonyl (C=O) groups is 1. The minimum absolute atomic E-state index is 0.191. The molecule has 2 heterocycles. The van der Waals surface area contributed by atoms with Gasteiger partial charge in [0.2, 0.25) is 5.89 Å². The van der Waals surface area contributed by atoms with Gasteiger partial charge in [0, 0.05) is 32.1 Å². The topological polar surface area (TPSA) is 82.7 Å². The van der Waals surface area contributed by atoms with E-state index in [0.717, 1.165) is 37.6 Å². The standard InChI is InChI=1S/C16H26N4O3/c1-12(21)16(22)20-9-7-19(8-10-20)11-14-17-15(23-18-14)13-5-3-2-4-6-13/h12-13,21H,2-11H2,1H3. The Hall–Kier alpha value is -1.47. The van der Waals surface area contributed by atoms with E-state index in [0.29, 0.717) is 25.6 Å². The molecule has 23 heavy (non-hydrogen) atoms. The molecule has 1 N–H and O–H groups in total.